The summed E-state index contributed by atoms with van der Waals surface area (Å²) in [7, 11) is 1.65. The van der Waals surface area contributed by atoms with E-state index in [9.17, 15) is 9.59 Å². The highest BCUT2D eigenvalue weighted by molar-refractivity contribution is 6.01. The summed E-state index contributed by atoms with van der Waals surface area (Å²) in [6.45, 7) is 3.99. The largest absolute Gasteiger partial charge is 0.385 e. The standard InChI is InChI=1S/C18H23N5O3/c1-11-17-15(9-20-10-16(17)24)23(22-11)12-4-5-13(18(19)25)14(8-12)21-6-3-7-26-2/h4-5,8,20-21H,3,6-7,9-10H2,1-2H3,(H2,19,25). The predicted octanol–water partition coefficient (Wildman–Crippen LogP) is 1.01. The highest BCUT2D eigenvalue weighted by Crippen LogP contribution is 2.25. The minimum absolute atomic E-state index is 0.0432. The summed E-state index contributed by atoms with van der Waals surface area (Å²) >= 11 is 0. The first-order valence-corrected chi connectivity index (χ1v) is 8.52. The van der Waals surface area contributed by atoms with Gasteiger partial charge in [-0.3, -0.25) is 9.59 Å². The number of carbonyl (C=O) groups excluding carboxylic acids is 2. The molecule has 2 heterocycles. The van der Waals surface area contributed by atoms with Crippen molar-refractivity contribution in [2.75, 3.05) is 32.1 Å². The summed E-state index contributed by atoms with van der Waals surface area (Å²) in [4.78, 5) is 23.9. The maximum Gasteiger partial charge on any atom is 0.250 e. The highest BCUT2D eigenvalue weighted by atomic mass is 16.5. The number of primary amides is 1. The fourth-order valence-electron chi connectivity index (χ4n) is 3.16. The minimum Gasteiger partial charge on any atom is -0.385 e. The lowest BCUT2D eigenvalue weighted by Crippen LogP contribution is -2.30. The average molecular weight is 357 g/mol. The first kappa shape index (κ1) is 18.1. The maximum absolute atomic E-state index is 12.2. The fourth-order valence-corrected chi connectivity index (χ4v) is 3.16. The number of hydrogen-bond acceptors (Lipinski definition) is 6. The van der Waals surface area contributed by atoms with Gasteiger partial charge in [-0.2, -0.15) is 5.10 Å². The van der Waals surface area contributed by atoms with Gasteiger partial charge in [-0.1, -0.05) is 0 Å². The highest BCUT2D eigenvalue weighted by Gasteiger charge is 2.25. The average Bonchev–Trinajstić information content (AvgIpc) is 2.96. The van der Waals surface area contributed by atoms with Gasteiger partial charge in [-0.15, -0.1) is 0 Å². The van der Waals surface area contributed by atoms with Crippen molar-refractivity contribution in [2.45, 2.75) is 19.9 Å². The van der Waals surface area contributed by atoms with Crippen LogP contribution in [0.25, 0.3) is 5.69 Å². The SMILES string of the molecule is COCCCNc1cc(-n2nc(C)c3c2CNCC3=O)ccc1C(N)=O. The second kappa shape index (κ2) is 7.67. The molecule has 1 aromatic heterocycles. The monoisotopic (exact) mass is 357 g/mol. The number of benzene rings is 1. The molecule has 4 N–H and O–H groups in total. The molecule has 0 radical (unpaired) electrons. The number of ketones is 1. The molecule has 0 saturated carbocycles. The van der Waals surface area contributed by atoms with Gasteiger partial charge >= 0.3 is 0 Å². The van der Waals surface area contributed by atoms with Crippen LogP contribution in [0.3, 0.4) is 0 Å². The van der Waals surface area contributed by atoms with Gasteiger partial charge in [0.25, 0.3) is 5.91 Å². The summed E-state index contributed by atoms with van der Waals surface area (Å²) in [6, 6.07) is 5.29. The molecule has 2 aromatic rings. The van der Waals surface area contributed by atoms with Gasteiger partial charge in [0.05, 0.1) is 34.7 Å². The van der Waals surface area contributed by atoms with Crippen LogP contribution in [0.2, 0.25) is 0 Å². The number of Topliss-reactive ketones (excluding diaryl/α,β-unsaturated/α-hetero) is 1. The molecule has 0 unspecified atom stereocenters. The number of ether oxygens (including phenoxy) is 1. The number of methoxy groups -OCH3 is 1. The van der Waals surface area contributed by atoms with Crippen LogP contribution < -0.4 is 16.4 Å². The molecule has 1 aromatic carbocycles. The van der Waals surface area contributed by atoms with Crippen LogP contribution in [0.4, 0.5) is 5.69 Å². The molecule has 1 aliphatic heterocycles. The van der Waals surface area contributed by atoms with Crippen LogP contribution in [-0.2, 0) is 11.3 Å². The van der Waals surface area contributed by atoms with E-state index in [1.54, 1.807) is 23.9 Å². The second-order valence-electron chi connectivity index (χ2n) is 6.21. The van der Waals surface area contributed by atoms with Crippen LogP contribution >= 0.6 is 0 Å². The van der Waals surface area contributed by atoms with Crippen molar-refractivity contribution in [1.82, 2.24) is 15.1 Å². The third kappa shape index (κ3) is 3.47. The topological polar surface area (TPSA) is 111 Å². The Kier molecular flexibility index (Phi) is 5.34. The van der Waals surface area contributed by atoms with E-state index in [1.807, 2.05) is 13.0 Å². The number of aromatic nitrogens is 2. The van der Waals surface area contributed by atoms with E-state index in [4.69, 9.17) is 10.5 Å². The third-order valence-electron chi connectivity index (χ3n) is 4.37. The summed E-state index contributed by atoms with van der Waals surface area (Å²) in [5.41, 5.74) is 9.53. The summed E-state index contributed by atoms with van der Waals surface area (Å²) in [6.07, 6.45) is 0.799. The van der Waals surface area contributed by atoms with Crippen LogP contribution in [0.5, 0.6) is 0 Å². The summed E-state index contributed by atoms with van der Waals surface area (Å²) in [5.74, 6) is -0.456. The number of amides is 1. The van der Waals surface area contributed by atoms with Crippen molar-refractivity contribution in [1.29, 1.82) is 0 Å². The lowest BCUT2D eigenvalue weighted by Gasteiger charge is -2.16. The van der Waals surface area contributed by atoms with E-state index >= 15 is 0 Å². The van der Waals surface area contributed by atoms with E-state index in [0.717, 1.165) is 17.8 Å². The van der Waals surface area contributed by atoms with Crippen molar-refractivity contribution in [3.8, 4) is 5.69 Å². The molecule has 0 aliphatic carbocycles. The van der Waals surface area contributed by atoms with Gasteiger partial charge in [0, 0.05) is 32.5 Å². The Morgan fingerprint density at radius 2 is 2.23 bits per heavy atom. The van der Waals surface area contributed by atoms with Gasteiger partial charge < -0.3 is 21.1 Å². The van der Waals surface area contributed by atoms with E-state index < -0.39 is 5.91 Å². The third-order valence-corrected chi connectivity index (χ3v) is 4.37. The van der Waals surface area contributed by atoms with Gasteiger partial charge in [-0.05, 0) is 31.5 Å². The maximum atomic E-state index is 12.2. The number of nitrogens with zero attached hydrogens (tertiary/aromatic N) is 2. The smallest absolute Gasteiger partial charge is 0.250 e. The van der Waals surface area contributed by atoms with Crippen molar-refractivity contribution in [2.24, 2.45) is 5.73 Å². The summed E-state index contributed by atoms with van der Waals surface area (Å²) < 4.78 is 6.79. The molecule has 0 bridgehead atoms. The zero-order chi connectivity index (χ0) is 18.7. The quantitative estimate of drug-likeness (QED) is 0.638. The number of rotatable bonds is 7. The van der Waals surface area contributed by atoms with Crippen molar-refractivity contribution < 1.29 is 14.3 Å². The number of nitrogens with two attached hydrogens (primary N) is 1. The molecule has 0 atom stereocenters. The molecule has 26 heavy (non-hydrogen) atoms. The zero-order valence-corrected chi connectivity index (χ0v) is 15.0. The second-order valence-corrected chi connectivity index (χ2v) is 6.21. The Labute approximate surface area is 151 Å². The number of anilines is 1. The van der Waals surface area contributed by atoms with E-state index in [2.05, 4.69) is 15.7 Å². The predicted molar refractivity (Wildman–Crippen MR) is 97.8 cm³/mol. The van der Waals surface area contributed by atoms with Crippen LogP contribution in [0.1, 0.15) is 38.5 Å². The number of nitrogens with one attached hydrogen (secondary N) is 2. The molecule has 8 nitrogen and oxygen atoms in total. The Morgan fingerprint density at radius 3 is 2.96 bits per heavy atom. The minimum atomic E-state index is -0.499. The van der Waals surface area contributed by atoms with Gasteiger partial charge in [0.1, 0.15) is 0 Å². The number of carbonyl (C=O) groups is 2. The molecule has 0 spiro atoms. The van der Waals surface area contributed by atoms with E-state index in [0.29, 0.717) is 48.7 Å². The molecule has 1 aliphatic rings. The molecule has 138 valence electrons. The van der Waals surface area contributed by atoms with Crippen LogP contribution in [0.15, 0.2) is 18.2 Å². The molecule has 0 fully saturated rings. The molecule has 8 heteroatoms. The first-order chi connectivity index (χ1) is 12.5. The van der Waals surface area contributed by atoms with Gasteiger partial charge in [0.15, 0.2) is 5.78 Å². The number of aryl methyl sites for hydroxylation is 1. The Bertz CT molecular complexity index is 844. The molecular formula is C18H23N5O3. The van der Waals surface area contributed by atoms with Crippen molar-refractivity contribution in [3.05, 3.63) is 40.7 Å². The van der Waals surface area contributed by atoms with Crippen molar-refractivity contribution >= 4 is 17.4 Å². The molecular weight excluding hydrogens is 334 g/mol. The summed E-state index contributed by atoms with van der Waals surface area (Å²) in [5, 5.41) is 10.9. The first-order valence-electron chi connectivity index (χ1n) is 8.52. The van der Waals surface area contributed by atoms with Gasteiger partial charge in [-0.25, -0.2) is 4.68 Å². The van der Waals surface area contributed by atoms with Crippen LogP contribution in [-0.4, -0.2) is 48.3 Å². The Balaban J connectivity index is 1.97. The number of hydrogen-bond donors (Lipinski definition) is 3. The lowest BCUT2D eigenvalue weighted by molar-refractivity contribution is 0.0978. The zero-order valence-electron chi connectivity index (χ0n) is 15.0. The molecule has 0 saturated heterocycles. The van der Waals surface area contributed by atoms with Crippen molar-refractivity contribution in [3.63, 3.8) is 0 Å². The lowest BCUT2D eigenvalue weighted by atomic mass is 10.0. The molecule has 1 amide bonds. The Morgan fingerprint density at radius 1 is 1.42 bits per heavy atom. The van der Waals surface area contributed by atoms with Crippen LogP contribution in [0, 0.1) is 6.92 Å². The molecule has 3 rings (SSSR count). The Hall–Kier alpha value is -2.71. The number of fused-ring (bicyclic) bond motifs is 1. The fraction of sp³-hybridized carbons (Fsp3) is 0.389. The normalized spacial score (nSPS) is 13.5. The van der Waals surface area contributed by atoms with E-state index in [1.165, 1.54) is 0 Å². The van der Waals surface area contributed by atoms with E-state index in [-0.39, 0.29) is 5.78 Å². The van der Waals surface area contributed by atoms with Gasteiger partial charge in [0.2, 0.25) is 0 Å².